The molecule has 8 aromatic rings. The van der Waals surface area contributed by atoms with Crippen LogP contribution in [-0.4, -0.2) is 0 Å². The van der Waals surface area contributed by atoms with Crippen LogP contribution in [0.2, 0.25) is 0 Å². The molecule has 0 aliphatic heterocycles. The van der Waals surface area contributed by atoms with Crippen LogP contribution in [0.1, 0.15) is 22.3 Å². The Morgan fingerprint density at radius 3 is 1.38 bits per heavy atom. The third-order valence-corrected chi connectivity index (χ3v) is 9.91. The first-order chi connectivity index (χ1) is 23.8. The Kier molecular flexibility index (Phi) is 6.76. The van der Waals surface area contributed by atoms with E-state index in [4.69, 9.17) is 0 Å². The Bertz CT molecular complexity index is 2300. The van der Waals surface area contributed by atoms with Crippen molar-refractivity contribution in [1.29, 1.82) is 0 Å². The topological polar surface area (TPSA) is 12.0 Å². The molecule has 0 unspecified atom stereocenters. The Morgan fingerprint density at radius 2 is 0.792 bits per heavy atom. The second-order valence-electron chi connectivity index (χ2n) is 12.6. The second kappa shape index (κ2) is 11.6. The molecule has 1 aliphatic carbocycles. The van der Waals surface area contributed by atoms with E-state index in [9.17, 15) is 0 Å². The van der Waals surface area contributed by atoms with Gasteiger partial charge < -0.3 is 5.32 Å². The minimum Gasteiger partial charge on any atom is -0.356 e. The summed E-state index contributed by atoms with van der Waals surface area (Å²) in [5, 5.41) is 6.13. The molecular formula is C47H33N. The van der Waals surface area contributed by atoms with Gasteiger partial charge in [0.2, 0.25) is 0 Å². The smallest absolute Gasteiger partial charge is 0.0713 e. The van der Waals surface area contributed by atoms with E-state index in [1.165, 1.54) is 66.4 Å². The van der Waals surface area contributed by atoms with E-state index in [0.717, 1.165) is 11.4 Å². The summed E-state index contributed by atoms with van der Waals surface area (Å²) in [5.74, 6) is 0. The summed E-state index contributed by atoms with van der Waals surface area (Å²) in [6.07, 6.45) is 0. The SMILES string of the molecule is c1ccc(-c2ccc3c(c2)-c2cc(-c4ccccc4)ccc2C3(c2ccccc2)c2ccc(Nc3ccc4ccccc4c3)cc2)cc1. The summed E-state index contributed by atoms with van der Waals surface area (Å²) >= 11 is 0. The highest BCUT2D eigenvalue weighted by Crippen LogP contribution is 2.57. The third-order valence-electron chi connectivity index (χ3n) is 9.91. The van der Waals surface area contributed by atoms with Crippen LogP contribution in [0.25, 0.3) is 44.2 Å². The summed E-state index contributed by atoms with van der Waals surface area (Å²) in [4.78, 5) is 0. The van der Waals surface area contributed by atoms with Crippen molar-refractivity contribution in [2.24, 2.45) is 0 Å². The van der Waals surface area contributed by atoms with Crippen LogP contribution in [0.3, 0.4) is 0 Å². The maximum atomic E-state index is 3.66. The van der Waals surface area contributed by atoms with Gasteiger partial charge in [-0.25, -0.2) is 0 Å². The van der Waals surface area contributed by atoms with Gasteiger partial charge >= 0.3 is 0 Å². The molecule has 48 heavy (non-hydrogen) atoms. The number of anilines is 2. The van der Waals surface area contributed by atoms with E-state index in [-0.39, 0.29) is 0 Å². The van der Waals surface area contributed by atoms with E-state index < -0.39 is 5.41 Å². The maximum absolute atomic E-state index is 3.66. The fourth-order valence-electron chi connectivity index (χ4n) is 7.67. The first-order valence-corrected chi connectivity index (χ1v) is 16.6. The molecule has 0 saturated heterocycles. The number of hydrogen-bond acceptors (Lipinski definition) is 1. The average molecular weight is 612 g/mol. The van der Waals surface area contributed by atoms with Crippen molar-refractivity contribution in [2.75, 3.05) is 5.32 Å². The van der Waals surface area contributed by atoms with Gasteiger partial charge in [-0.2, -0.15) is 0 Å². The number of hydrogen-bond donors (Lipinski definition) is 1. The molecule has 0 heterocycles. The molecule has 0 atom stereocenters. The Morgan fingerprint density at radius 1 is 0.312 bits per heavy atom. The monoisotopic (exact) mass is 611 g/mol. The summed E-state index contributed by atoms with van der Waals surface area (Å²) in [5.41, 5.74) is 14.3. The van der Waals surface area contributed by atoms with E-state index >= 15 is 0 Å². The van der Waals surface area contributed by atoms with Gasteiger partial charge in [0.05, 0.1) is 5.41 Å². The molecule has 1 nitrogen and oxygen atoms in total. The highest BCUT2D eigenvalue weighted by atomic mass is 14.9. The molecule has 226 valence electrons. The minimum atomic E-state index is -0.474. The van der Waals surface area contributed by atoms with Gasteiger partial charge in [-0.1, -0.05) is 158 Å². The summed E-state index contributed by atoms with van der Waals surface area (Å²) < 4.78 is 0. The number of nitrogens with one attached hydrogen (secondary N) is 1. The van der Waals surface area contributed by atoms with Crippen molar-refractivity contribution in [3.05, 3.63) is 216 Å². The fraction of sp³-hybridized carbons (Fsp3) is 0.0213. The van der Waals surface area contributed by atoms with Gasteiger partial charge in [0.15, 0.2) is 0 Å². The first-order valence-electron chi connectivity index (χ1n) is 16.6. The summed E-state index contributed by atoms with van der Waals surface area (Å²) in [6, 6.07) is 70.7. The molecule has 8 aromatic carbocycles. The molecule has 0 aromatic heterocycles. The van der Waals surface area contributed by atoms with Crippen molar-refractivity contribution in [3.63, 3.8) is 0 Å². The lowest BCUT2D eigenvalue weighted by molar-refractivity contribution is 0.769. The van der Waals surface area contributed by atoms with Crippen molar-refractivity contribution in [1.82, 2.24) is 0 Å². The molecule has 0 fully saturated rings. The Balaban J connectivity index is 1.23. The van der Waals surface area contributed by atoms with Crippen LogP contribution in [-0.2, 0) is 5.41 Å². The van der Waals surface area contributed by atoms with Crippen molar-refractivity contribution in [3.8, 4) is 33.4 Å². The quantitative estimate of drug-likeness (QED) is 0.197. The van der Waals surface area contributed by atoms with Gasteiger partial charge in [0, 0.05) is 11.4 Å². The molecule has 9 rings (SSSR count). The molecule has 0 radical (unpaired) electrons. The van der Waals surface area contributed by atoms with Gasteiger partial charge in [-0.05, 0) is 103 Å². The normalized spacial score (nSPS) is 12.8. The lowest BCUT2D eigenvalue weighted by Crippen LogP contribution is -2.28. The van der Waals surface area contributed by atoms with Crippen molar-refractivity contribution in [2.45, 2.75) is 5.41 Å². The van der Waals surface area contributed by atoms with E-state index in [1.807, 2.05) is 0 Å². The standard InChI is InChI=1S/C47H33N/c1-4-12-33(13-5-1)37-21-28-45-43(31-37)44-32-38(34-14-6-2-7-15-34)22-29-46(44)47(45,39-18-8-3-9-19-39)40-23-26-41(27-24-40)48-42-25-20-35-16-10-11-17-36(35)30-42/h1-32,48H. The second-order valence-corrected chi connectivity index (χ2v) is 12.6. The van der Waals surface area contributed by atoms with Crippen LogP contribution >= 0.6 is 0 Å². The van der Waals surface area contributed by atoms with E-state index in [1.54, 1.807) is 0 Å². The average Bonchev–Trinajstić information content (AvgIpc) is 3.46. The van der Waals surface area contributed by atoms with Crippen LogP contribution in [0, 0.1) is 0 Å². The maximum Gasteiger partial charge on any atom is 0.0713 e. The molecule has 1 heteroatoms. The van der Waals surface area contributed by atoms with Crippen molar-refractivity contribution < 1.29 is 0 Å². The summed E-state index contributed by atoms with van der Waals surface area (Å²) in [6.45, 7) is 0. The number of benzene rings is 8. The van der Waals surface area contributed by atoms with Gasteiger partial charge in [0.1, 0.15) is 0 Å². The van der Waals surface area contributed by atoms with E-state index in [2.05, 4.69) is 199 Å². The zero-order valence-electron chi connectivity index (χ0n) is 26.5. The lowest BCUT2D eigenvalue weighted by atomic mass is 9.67. The Labute approximate surface area is 281 Å². The molecule has 0 bridgehead atoms. The van der Waals surface area contributed by atoms with Crippen LogP contribution in [0.4, 0.5) is 11.4 Å². The predicted octanol–water partition coefficient (Wildman–Crippen LogP) is 12.3. The molecular weight excluding hydrogens is 579 g/mol. The molecule has 0 saturated carbocycles. The third kappa shape index (κ3) is 4.63. The highest BCUT2D eigenvalue weighted by Gasteiger charge is 2.46. The largest absolute Gasteiger partial charge is 0.356 e. The molecule has 1 aliphatic rings. The number of fused-ring (bicyclic) bond motifs is 4. The van der Waals surface area contributed by atoms with Crippen LogP contribution in [0.5, 0.6) is 0 Å². The fourth-order valence-corrected chi connectivity index (χ4v) is 7.67. The van der Waals surface area contributed by atoms with E-state index in [0.29, 0.717) is 0 Å². The van der Waals surface area contributed by atoms with Gasteiger partial charge in [-0.3, -0.25) is 0 Å². The first kappa shape index (κ1) is 28.1. The Hall–Kier alpha value is -6.18. The lowest BCUT2D eigenvalue weighted by Gasteiger charge is -2.34. The molecule has 1 N–H and O–H groups in total. The zero-order chi connectivity index (χ0) is 31.9. The molecule has 0 amide bonds. The van der Waals surface area contributed by atoms with Gasteiger partial charge in [-0.15, -0.1) is 0 Å². The highest BCUT2D eigenvalue weighted by molar-refractivity contribution is 5.91. The predicted molar refractivity (Wildman–Crippen MR) is 202 cm³/mol. The van der Waals surface area contributed by atoms with Gasteiger partial charge in [0.25, 0.3) is 0 Å². The van der Waals surface area contributed by atoms with Crippen LogP contribution < -0.4 is 5.32 Å². The van der Waals surface area contributed by atoms with Crippen molar-refractivity contribution >= 4 is 22.1 Å². The molecule has 0 spiro atoms. The van der Waals surface area contributed by atoms with Crippen LogP contribution in [0.15, 0.2) is 194 Å². The zero-order valence-corrected chi connectivity index (χ0v) is 26.5. The minimum absolute atomic E-state index is 0.474. The summed E-state index contributed by atoms with van der Waals surface area (Å²) in [7, 11) is 0. The number of rotatable bonds is 6.